The van der Waals surface area contributed by atoms with Crippen molar-refractivity contribution < 1.29 is 0 Å². The third kappa shape index (κ3) is 2.64. The first-order valence-electron chi connectivity index (χ1n) is 6.20. The number of halogens is 1. The van der Waals surface area contributed by atoms with E-state index in [9.17, 15) is 0 Å². The monoisotopic (exact) mass is 215 g/mol. The second-order valence-electron chi connectivity index (χ2n) is 4.92. The molecule has 1 nitrogen and oxygen atoms in total. The first-order chi connectivity index (χ1) is 6.90. The highest BCUT2D eigenvalue weighted by molar-refractivity contribution is 6.17. The normalized spacial score (nSPS) is 31.1. The summed E-state index contributed by atoms with van der Waals surface area (Å²) in [6.07, 6.45) is 9.91. The highest BCUT2D eigenvalue weighted by atomic mass is 35.5. The van der Waals surface area contributed by atoms with Crippen molar-refractivity contribution in [3.05, 3.63) is 0 Å². The third-order valence-electron chi connectivity index (χ3n) is 3.93. The summed E-state index contributed by atoms with van der Waals surface area (Å²) in [6, 6.07) is 0.920. The maximum Gasteiger partial charge on any atom is 0.0226 e. The van der Waals surface area contributed by atoms with Crippen molar-refractivity contribution in [1.29, 1.82) is 0 Å². The van der Waals surface area contributed by atoms with Crippen LogP contribution in [0.2, 0.25) is 0 Å². The second kappa shape index (κ2) is 5.37. The standard InChI is InChI=1S/C12H22ClN/c13-8-6-11-7-9-14(10-11)12-4-2-1-3-5-12/h11-12H,1-10H2. The average molecular weight is 216 g/mol. The van der Waals surface area contributed by atoms with Crippen LogP contribution in [0, 0.1) is 5.92 Å². The van der Waals surface area contributed by atoms with Crippen LogP contribution in [0.1, 0.15) is 44.9 Å². The van der Waals surface area contributed by atoms with Crippen LogP contribution in [0.5, 0.6) is 0 Å². The Bertz CT molecular complexity index is 166. The molecule has 0 spiro atoms. The Morgan fingerprint density at radius 3 is 2.57 bits per heavy atom. The molecule has 0 N–H and O–H groups in total. The molecule has 2 heteroatoms. The zero-order valence-electron chi connectivity index (χ0n) is 9.05. The fraction of sp³-hybridized carbons (Fsp3) is 1.00. The minimum Gasteiger partial charge on any atom is -0.300 e. The molecule has 0 radical (unpaired) electrons. The fourth-order valence-corrected chi connectivity index (χ4v) is 3.34. The van der Waals surface area contributed by atoms with Gasteiger partial charge in [0.25, 0.3) is 0 Å². The number of hydrogen-bond donors (Lipinski definition) is 0. The number of nitrogens with zero attached hydrogens (tertiary/aromatic N) is 1. The number of likely N-dealkylation sites (tertiary alicyclic amines) is 1. The maximum absolute atomic E-state index is 5.80. The van der Waals surface area contributed by atoms with Gasteiger partial charge in [-0.1, -0.05) is 19.3 Å². The van der Waals surface area contributed by atoms with Crippen molar-refractivity contribution in [3.8, 4) is 0 Å². The lowest BCUT2D eigenvalue weighted by Crippen LogP contribution is -2.34. The minimum absolute atomic E-state index is 0.850. The highest BCUT2D eigenvalue weighted by Crippen LogP contribution is 2.28. The summed E-state index contributed by atoms with van der Waals surface area (Å²) in [4.78, 5) is 2.73. The summed E-state index contributed by atoms with van der Waals surface area (Å²) in [5.41, 5.74) is 0. The molecule has 14 heavy (non-hydrogen) atoms. The number of rotatable bonds is 3. The summed E-state index contributed by atoms with van der Waals surface area (Å²) >= 11 is 5.80. The molecule has 1 saturated carbocycles. The molecule has 0 aromatic heterocycles. The van der Waals surface area contributed by atoms with Crippen molar-refractivity contribution in [2.75, 3.05) is 19.0 Å². The molecule has 1 atom stereocenters. The predicted octanol–water partition coefficient (Wildman–Crippen LogP) is 3.27. The average Bonchev–Trinajstić information content (AvgIpc) is 2.68. The van der Waals surface area contributed by atoms with Gasteiger partial charge in [0.2, 0.25) is 0 Å². The van der Waals surface area contributed by atoms with Crippen LogP contribution in [0.25, 0.3) is 0 Å². The SMILES string of the molecule is ClCCC1CCN(C2CCCCC2)C1. The van der Waals surface area contributed by atoms with E-state index in [0.717, 1.165) is 17.8 Å². The zero-order chi connectivity index (χ0) is 9.80. The topological polar surface area (TPSA) is 3.24 Å². The Balaban J connectivity index is 1.76. The van der Waals surface area contributed by atoms with Crippen molar-refractivity contribution in [2.24, 2.45) is 5.92 Å². The molecule has 1 aliphatic carbocycles. The number of hydrogen-bond acceptors (Lipinski definition) is 1. The molecule has 0 aromatic rings. The first kappa shape index (κ1) is 10.8. The Labute approximate surface area is 92.8 Å². The van der Waals surface area contributed by atoms with Crippen LogP contribution in [0.3, 0.4) is 0 Å². The molecule has 2 fully saturated rings. The summed E-state index contributed by atoms with van der Waals surface area (Å²) in [5.74, 6) is 1.75. The Hall–Kier alpha value is 0.250. The van der Waals surface area contributed by atoms with Crippen LogP contribution in [-0.4, -0.2) is 29.9 Å². The molecule has 1 heterocycles. The number of alkyl halides is 1. The van der Waals surface area contributed by atoms with Gasteiger partial charge in [-0.05, 0) is 38.1 Å². The second-order valence-corrected chi connectivity index (χ2v) is 5.30. The Morgan fingerprint density at radius 2 is 1.86 bits per heavy atom. The minimum atomic E-state index is 0.850. The summed E-state index contributed by atoms with van der Waals surface area (Å²) in [5, 5.41) is 0. The maximum atomic E-state index is 5.80. The third-order valence-corrected chi connectivity index (χ3v) is 4.14. The van der Waals surface area contributed by atoms with E-state index in [4.69, 9.17) is 11.6 Å². The van der Waals surface area contributed by atoms with Crippen molar-refractivity contribution in [2.45, 2.75) is 51.0 Å². The van der Waals surface area contributed by atoms with Gasteiger partial charge in [-0.2, -0.15) is 0 Å². The molecule has 1 saturated heterocycles. The first-order valence-corrected chi connectivity index (χ1v) is 6.73. The van der Waals surface area contributed by atoms with Gasteiger partial charge in [0.1, 0.15) is 0 Å². The molecule has 82 valence electrons. The zero-order valence-corrected chi connectivity index (χ0v) is 9.81. The molecular weight excluding hydrogens is 194 g/mol. The summed E-state index contributed by atoms with van der Waals surface area (Å²) in [7, 11) is 0. The summed E-state index contributed by atoms with van der Waals surface area (Å²) < 4.78 is 0. The van der Waals surface area contributed by atoms with Gasteiger partial charge in [-0.15, -0.1) is 11.6 Å². The Morgan fingerprint density at radius 1 is 1.07 bits per heavy atom. The lowest BCUT2D eigenvalue weighted by atomic mass is 9.94. The van der Waals surface area contributed by atoms with E-state index in [-0.39, 0.29) is 0 Å². The van der Waals surface area contributed by atoms with Crippen molar-refractivity contribution in [1.82, 2.24) is 4.90 Å². The van der Waals surface area contributed by atoms with E-state index in [1.54, 1.807) is 0 Å². The Kier molecular flexibility index (Phi) is 4.12. The van der Waals surface area contributed by atoms with Gasteiger partial charge < -0.3 is 4.90 Å². The van der Waals surface area contributed by atoms with Crippen LogP contribution < -0.4 is 0 Å². The quantitative estimate of drug-likeness (QED) is 0.654. The van der Waals surface area contributed by atoms with Crippen LogP contribution in [0.4, 0.5) is 0 Å². The van der Waals surface area contributed by atoms with E-state index >= 15 is 0 Å². The van der Waals surface area contributed by atoms with E-state index < -0.39 is 0 Å². The molecule has 0 amide bonds. The van der Waals surface area contributed by atoms with Crippen LogP contribution >= 0.6 is 11.6 Å². The molecule has 2 rings (SSSR count). The van der Waals surface area contributed by atoms with Gasteiger partial charge in [0.15, 0.2) is 0 Å². The van der Waals surface area contributed by atoms with Crippen molar-refractivity contribution in [3.63, 3.8) is 0 Å². The molecule has 1 aliphatic heterocycles. The van der Waals surface area contributed by atoms with Crippen molar-refractivity contribution >= 4 is 11.6 Å². The largest absolute Gasteiger partial charge is 0.300 e. The van der Waals surface area contributed by atoms with Crippen LogP contribution in [0.15, 0.2) is 0 Å². The van der Waals surface area contributed by atoms with E-state index in [1.165, 1.54) is 58.0 Å². The van der Waals surface area contributed by atoms with Gasteiger partial charge in [0, 0.05) is 18.5 Å². The van der Waals surface area contributed by atoms with Crippen LogP contribution in [-0.2, 0) is 0 Å². The fourth-order valence-electron chi connectivity index (χ4n) is 3.03. The van der Waals surface area contributed by atoms with E-state index in [2.05, 4.69) is 4.90 Å². The van der Waals surface area contributed by atoms with E-state index in [0.29, 0.717) is 0 Å². The van der Waals surface area contributed by atoms with E-state index in [1.807, 2.05) is 0 Å². The molecule has 0 bridgehead atoms. The van der Waals surface area contributed by atoms with Gasteiger partial charge in [-0.25, -0.2) is 0 Å². The predicted molar refractivity (Wildman–Crippen MR) is 61.9 cm³/mol. The lowest BCUT2D eigenvalue weighted by Gasteiger charge is -2.31. The molecular formula is C12H22ClN. The molecule has 0 aromatic carbocycles. The van der Waals surface area contributed by atoms with Gasteiger partial charge >= 0.3 is 0 Å². The molecule has 2 aliphatic rings. The van der Waals surface area contributed by atoms with Gasteiger partial charge in [-0.3, -0.25) is 0 Å². The highest BCUT2D eigenvalue weighted by Gasteiger charge is 2.28. The summed E-state index contributed by atoms with van der Waals surface area (Å²) in [6.45, 7) is 2.67. The lowest BCUT2D eigenvalue weighted by molar-refractivity contribution is 0.185. The smallest absolute Gasteiger partial charge is 0.0226 e. The van der Waals surface area contributed by atoms with Gasteiger partial charge in [0.05, 0.1) is 0 Å². The molecule has 1 unspecified atom stereocenters.